The van der Waals surface area contributed by atoms with E-state index in [1.165, 1.54) is 6.07 Å². The lowest BCUT2D eigenvalue weighted by Crippen LogP contribution is -2.32. The number of hydrogen-bond donors (Lipinski definition) is 1. The Morgan fingerprint density at radius 2 is 2.18 bits per heavy atom. The summed E-state index contributed by atoms with van der Waals surface area (Å²) < 4.78 is 5.24. The molecule has 1 aromatic carbocycles. The van der Waals surface area contributed by atoms with Crippen LogP contribution < -0.4 is 5.32 Å². The molecule has 1 atom stereocenters. The second-order valence-corrected chi connectivity index (χ2v) is 5.25. The number of carbonyl (C=O) groups is 1. The third-order valence-corrected chi connectivity index (χ3v) is 3.45. The van der Waals surface area contributed by atoms with E-state index in [-0.39, 0.29) is 17.6 Å². The van der Waals surface area contributed by atoms with Crippen LogP contribution in [0.15, 0.2) is 41.0 Å². The smallest absolute Gasteiger partial charge is 0.273 e. The Hall–Kier alpha value is -2.63. The number of carbonyl (C=O) groups excluding carboxylic acids is 1. The molecule has 6 heteroatoms. The maximum Gasteiger partial charge on any atom is 0.273 e. The third-order valence-electron chi connectivity index (χ3n) is 3.45. The largest absolute Gasteiger partial charge is 0.469 e. The van der Waals surface area contributed by atoms with Gasteiger partial charge in [-0.1, -0.05) is 6.07 Å². The molecule has 2 aromatic rings. The Bertz CT molecular complexity index is 665. The molecule has 6 nitrogen and oxygen atoms in total. The number of nitro groups is 1. The van der Waals surface area contributed by atoms with Crippen molar-refractivity contribution in [3.63, 3.8) is 0 Å². The summed E-state index contributed by atoms with van der Waals surface area (Å²) in [4.78, 5) is 22.6. The molecule has 0 bridgehead atoms. The number of nitrogens with zero attached hydrogens (tertiary/aromatic N) is 1. The fraction of sp³-hybridized carbons (Fsp3) is 0.312. The van der Waals surface area contributed by atoms with Crippen molar-refractivity contribution in [2.24, 2.45) is 0 Å². The molecule has 1 N–H and O–H groups in total. The summed E-state index contributed by atoms with van der Waals surface area (Å²) in [5, 5.41) is 13.8. The highest BCUT2D eigenvalue weighted by atomic mass is 16.6. The van der Waals surface area contributed by atoms with Crippen LogP contribution in [0.25, 0.3) is 0 Å². The molecule has 1 unspecified atom stereocenters. The second kappa shape index (κ2) is 6.89. The van der Waals surface area contributed by atoms with Gasteiger partial charge in [-0.25, -0.2) is 0 Å². The quantitative estimate of drug-likeness (QED) is 0.655. The number of furan rings is 1. The Kier molecular flexibility index (Phi) is 4.93. The Morgan fingerprint density at radius 3 is 2.82 bits per heavy atom. The molecule has 0 spiro atoms. The first-order chi connectivity index (χ1) is 10.5. The first kappa shape index (κ1) is 15.8. The number of nitro benzene ring substituents is 1. The van der Waals surface area contributed by atoms with Gasteiger partial charge in [0, 0.05) is 29.7 Å². The van der Waals surface area contributed by atoms with Gasteiger partial charge < -0.3 is 9.73 Å². The minimum absolute atomic E-state index is 0.0455. The zero-order valence-electron chi connectivity index (χ0n) is 12.5. The van der Waals surface area contributed by atoms with E-state index in [2.05, 4.69) is 5.32 Å². The Morgan fingerprint density at radius 1 is 1.41 bits per heavy atom. The van der Waals surface area contributed by atoms with Gasteiger partial charge in [-0.05, 0) is 38.5 Å². The average Bonchev–Trinajstić information content (AvgIpc) is 2.98. The Balaban J connectivity index is 1.96. The van der Waals surface area contributed by atoms with E-state index in [4.69, 9.17) is 4.42 Å². The van der Waals surface area contributed by atoms with E-state index < -0.39 is 4.92 Å². The Labute approximate surface area is 128 Å². The summed E-state index contributed by atoms with van der Waals surface area (Å²) in [5.41, 5.74) is 0.783. The predicted octanol–water partition coefficient (Wildman–Crippen LogP) is 3.25. The van der Waals surface area contributed by atoms with Gasteiger partial charge in [-0.15, -0.1) is 0 Å². The zero-order chi connectivity index (χ0) is 16.1. The molecule has 1 heterocycles. The topological polar surface area (TPSA) is 85.4 Å². The highest BCUT2D eigenvalue weighted by molar-refractivity contribution is 5.95. The van der Waals surface area contributed by atoms with Crippen molar-refractivity contribution in [2.75, 3.05) is 0 Å². The van der Waals surface area contributed by atoms with Crippen molar-refractivity contribution in [1.29, 1.82) is 0 Å². The number of nitrogens with one attached hydrogen (secondary N) is 1. The van der Waals surface area contributed by atoms with Gasteiger partial charge in [0.05, 0.1) is 11.2 Å². The summed E-state index contributed by atoms with van der Waals surface area (Å²) in [6.45, 7) is 3.54. The van der Waals surface area contributed by atoms with Crippen LogP contribution in [0.3, 0.4) is 0 Å². The number of amides is 1. The van der Waals surface area contributed by atoms with E-state index in [0.717, 1.165) is 18.6 Å². The van der Waals surface area contributed by atoms with Crippen LogP contribution in [-0.4, -0.2) is 16.9 Å². The number of hydrogen-bond acceptors (Lipinski definition) is 4. The molecule has 0 saturated carbocycles. The van der Waals surface area contributed by atoms with Crippen LogP contribution in [0.1, 0.15) is 35.0 Å². The van der Waals surface area contributed by atoms with Gasteiger partial charge in [0.15, 0.2) is 0 Å². The molecule has 116 valence electrons. The van der Waals surface area contributed by atoms with E-state index in [1.807, 2.05) is 19.1 Å². The van der Waals surface area contributed by atoms with Crippen molar-refractivity contribution in [1.82, 2.24) is 5.32 Å². The molecule has 0 aliphatic heterocycles. The monoisotopic (exact) mass is 302 g/mol. The lowest BCUT2D eigenvalue weighted by molar-refractivity contribution is -0.385. The number of rotatable bonds is 6. The standard InChI is InChI=1S/C16H18N2O4/c1-11-5-7-13(10-15(11)18(20)21)16(19)17-12(2)6-8-14-4-3-9-22-14/h3-5,7,9-10,12H,6,8H2,1-2H3,(H,17,19). The van der Waals surface area contributed by atoms with Gasteiger partial charge >= 0.3 is 0 Å². The molecule has 2 rings (SSSR count). The van der Waals surface area contributed by atoms with E-state index in [0.29, 0.717) is 11.1 Å². The second-order valence-electron chi connectivity index (χ2n) is 5.25. The number of aryl methyl sites for hydroxylation is 2. The van der Waals surface area contributed by atoms with Crippen LogP contribution in [-0.2, 0) is 6.42 Å². The fourth-order valence-corrected chi connectivity index (χ4v) is 2.14. The van der Waals surface area contributed by atoms with Gasteiger partial charge in [0.25, 0.3) is 11.6 Å². The molecule has 1 aromatic heterocycles. The molecular weight excluding hydrogens is 284 g/mol. The van der Waals surface area contributed by atoms with Crippen molar-refractivity contribution in [3.05, 3.63) is 63.6 Å². The van der Waals surface area contributed by atoms with Crippen LogP contribution in [0.5, 0.6) is 0 Å². The molecule has 0 saturated heterocycles. The number of benzene rings is 1. The fourth-order valence-electron chi connectivity index (χ4n) is 2.14. The van der Waals surface area contributed by atoms with Crippen molar-refractivity contribution >= 4 is 11.6 Å². The zero-order valence-corrected chi connectivity index (χ0v) is 12.5. The molecular formula is C16H18N2O4. The van der Waals surface area contributed by atoms with Crippen LogP contribution in [0.4, 0.5) is 5.69 Å². The summed E-state index contributed by atoms with van der Waals surface area (Å²) in [5.74, 6) is 0.558. The first-order valence-electron chi connectivity index (χ1n) is 7.05. The van der Waals surface area contributed by atoms with E-state index >= 15 is 0 Å². The summed E-state index contributed by atoms with van der Waals surface area (Å²) >= 11 is 0. The predicted molar refractivity (Wildman–Crippen MR) is 81.8 cm³/mol. The molecule has 1 amide bonds. The minimum atomic E-state index is -0.480. The highest BCUT2D eigenvalue weighted by Crippen LogP contribution is 2.19. The van der Waals surface area contributed by atoms with Gasteiger partial charge in [-0.2, -0.15) is 0 Å². The molecule has 0 radical (unpaired) electrons. The molecule has 22 heavy (non-hydrogen) atoms. The third kappa shape index (κ3) is 3.94. The molecule has 0 fully saturated rings. The van der Waals surface area contributed by atoms with Crippen molar-refractivity contribution in [2.45, 2.75) is 32.7 Å². The van der Waals surface area contributed by atoms with Crippen LogP contribution in [0, 0.1) is 17.0 Å². The highest BCUT2D eigenvalue weighted by Gasteiger charge is 2.16. The summed E-state index contributed by atoms with van der Waals surface area (Å²) in [6, 6.07) is 8.14. The summed E-state index contributed by atoms with van der Waals surface area (Å²) in [6.07, 6.45) is 3.07. The van der Waals surface area contributed by atoms with Crippen LogP contribution >= 0.6 is 0 Å². The lowest BCUT2D eigenvalue weighted by atomic mass is 10.1. The van der Waals surface area contributed by atoms with Gasteiger partial charge in [0.1, 0.15) is 5.76 Å². The maximum absolute atomic E-state index is 12.1. The van der Waals surface area contributed by atoms with Gasteiger partial charge in [-0.3, -0.25) is 14.9 Å². The van der Waals surface area contributed by atoms with E-state index in [1.54, 1.807) is 25.3 Å². The maximum atomic E-state index is 12.1. The van der Waals surface area contributed by atoms with Gasteiger partial charge in [0.2, 0.25) is 0 Å². The average molecular weight is 302 g/mol. The normalized spacial score (nSPS) is 11.9. The lowest BCUT2D eigenvalue weighted by Gasteiger charge is -2.13. The van der Waals surface area contributed by atoms with E-state index in [9.17, 15) is 14.9 Å². The minimum Gasteiger partial charge on any atom is -0.469 e. The van der Waals surface area contributed by atoms with Crippen molar-refractivity contribution < 1.29 is 14.1 Å². The van der Waals surface area contributed by atoms with Crippen molar-refractivity contribution in [3.8, 4) is 0 Å². The SMILES string of the molecule is Cc1ccc(C(=O)NC(C)CCc2ccco2)cc1[N+](=O)[O-]. The molecule has 0 aliphatic carbocycles. The summed E-state index contributed by atoms with van der Waals surface area (Å²) in [7, 11) is 0. The van der Waals surface area contributed by atoms with Crippen LogP contribution in [0.2, 0.25) is 0 Å². The molecule has 0 aliphatic rings. The first-order valence-corrected chi connectivity index (χ1v) is 7.05.